The summed E-state index contributed by atoms with van der Waals surface area (Å²) in [6.07, 6.45) is 4.56. The Bertz CT molecular complexity index is 544. The van der Waals surface area contributed by atoms with E-state index in [4.69, 9.17) is 0 Å². The minimum atomic E-state index is -0.489. The predicted octanol–water partition coefficient (Wildman–Crippen LogP) is 1.46. The van der Waals surface area contributed by atoms with Crippen molar-refractivity contribution in [2.45, 2.75) is 6.54 Å². The lowest BCUT2D eigenvalue weighted by Gasteiger charge is -2.06. The molecule has 1 N–H and O–H groups in total. The maximum atomic E-state index is 10.5. The third-order valence-corrected chi connectivity index (χ3v) is 2.75. The molecule has 0 amide bonds. The predicted molar refractivity (Wildman–Crippen MR) is 67.1 cm³/mol. The fourth-order valence-corrected chi connectivity index (χ4v) is 1.78. The van der Waals surface area contributed by atoms with E-state index in [9.17, 15) is 10.1 Å². The minimum Gasteiger partial charge on any atom is -0.367 e. The molecule has 0 aliphatic heterocycles. The van der Waals surface area contributed by atoms with E-state index in [2.05, 4.69) is 36.5 Å². The third-order valence-electron chi connectivity index (χ3n) is 2.14. The van der Waals surface area contributed by atoms with Gasteiger partial charge in [0.1, 0.15) is 12.0 Å². The van der Waals surface area contributed by atoms with Gasteiger partial charge in [-0.1, -0.05) is 5.21 Å². The average molecular weight is 313 g/mol. The lowest BCUT2D eigenvalue weighted by molar-refractivity contribution is -0.385. The lowest BCUT2D eigenvalue weighted by atomic mass is 10.4. The van der Waals surface area contributed by atoms with E-state index in [0.717, 1.165) is 0 Å². The molecule has 9 heteroatoms. The van der Waals surface area contributed by atoms with E-state index in [1.807, 2.05) is 0 Å². The highest BCUT2D eigenvalue weighted by Gasteiger charge is 2.09. The number of rotatable bonds is 5. The fourth-order valence-electron chi connectivity index (χ4n) is 1.30. The van der Waals surface area contributed by atoms with Crippen LogP contribution in [0.4, 0.5) is 11.5 Å². The van der Waals surface area contributed by atoms with Gasteiger partial charge in [0.25, 0.3) is 5.69 Å². The molecule has 0 saturated carbocycles. The molecule has 0 spiro atoms. The molecule has 8 nitrogen and oxygen atoms in total. The van der Waals surface area contributed by atoms with Crippen molar-refractivity contribution in [3.05, 3.63) is 39.2 Å². The van der Waals surface area contributed by atoms with Crippen LogP contribution in [-0.2, 0) is 6.54 Å². The number of anilines is 1. The lowest BCUT2D eigenvalue weighted by Crippen LogP contribution is -2.12. The molecule has 0 atom stereocenters. The first-order chi connectivity index (χ1) is 8.66. The van der Waals surface area contributed by atoms with Gasteiger partial charge in [0, 0.05) is 18.8 Å². The number of halogens is 1. The molecule has 18 heavy (non-hydrogen) atoms. The number of nitro groups is 1. The van der Waals surface area contributed by atoms with Gasteiger partial charge in [0.2, 0.25) is 0 Å². The van der Waals surface area contributed by atoms with Crippen LogP contribution >= 0.6 is 15.9 Å². The number of hydrogen-bond acceptors (Lipinski definition) is 6. The normalized spacial score (nSPS) is 10.3. The summed E-state index contributed by atoms with van der Waals surface area (Å²) in [5.41, 5.74) is -0.0521. The largest absolute Gasteiger partial charge is 0.367 e. The minimum absolute atomic E-state index is 0.0521. The zero-order valence-corrected chi connectivity index (χ0v) is 10.7. The Kier molecular flexibility index (Phi) is 3.82. The second-order valence-electron chi connectivity index (χ2n) is 3.37. The second-order valence-corrected chi connectivity index (χ2v) is 4.23. The SMILES string of the molecule is O=[N+]([O-])c1cnc(NCCn2ccnn2)c(Br)c1. The zero-order valence-electron chi connectivity index (χ0n) is 9.15. The molecule has 94 valence electrons. The first kappa shape index (κ1) is 12.4. The van der Waals surface area contributed by atoms with Gasteiger partial charge in [-0.05, 0) is 15.9 Å². The molecular weight excluding hydrogens is 304 g/mol. The van der Waals surface area contributed by atoms with Crippen molar-refractivity contribution in [3.8, 4) is 0 Å². The van der Waals surface area contributed by atoms with E-state index >= 15 is 0 Å². The number of nitrogens with zero attached hydrogens (tertiary/aromatic N) is 5. The standard InChI is InChI=1S/C9H9BrN6O2/c10-8-5-7(16(17)18)6-12-9(8)11-1-3-15-4-2-13-14-15/h2,4-6H,1,3H2,(H,11,12). The topological polar surface area (TPSA) is 98.8 Å². The molecule has 0 fully saturated rings. The summed E-state index contributed by atoms with van der Waals surface area (Å²) < 4.78 is 2.22. The Balaban J connectivity index is 1.95. The van der Waals surface area contributed by atoms with Crippen molar-refractivity contribution < 1.29 is 4.92 Å². The van der Waals surface area contributed by atoms with Crippen molar-refractivity contribution in [1.29, 1.82) is 0 Å². The summed E-state index contributed by atoms with van der Waals surface area (Å²) >= 11 is 3.23. The monoisotopic (exact) mass is 312 g/mol. The Hall–Kier alpha value is -2.03. The Morgan fingerprint density at radius 2 is 2.39 bits per heavy atom. The highest BCUT2D eigenvalue weighted by molar-refractivity contribution is 9.10. The number of aromatic nitrogens is 4. The molecule has 2 aromatic heterocycles. The number of hydrogen-bond donors (Lipinski definition) is 1. The Morgan fingerprint density at radius 3 is 3.00 bits per heavy atom. The van der Waals surface area contributed by atoms with Crippen molar-refractivity contribution in [2.24, 2.45) is 0 Å². The van der Waals surface area contributed by atoms with E-state index in [0.29, 0.717) is 23.4 Å². The zero-order chi connectivity index (χ0) is 13.0. The molecule has 0 aliphatic carbocycles. The molecule has 0 radical (unpaired) electrons. The Labute approximate surface area is 110 Å². The molecule has 0 saturated heterocycles. The van der Waals surface area contributed by atoms with E-state index < -0.39 is 4.92 Å². The first-order valence-corrected chi connectivity index (χ1v) is 5.84. The number of pyridine rings is 1. The maximum absolute atomic E-state index is 10.5. The summed E-state index contributed by atoms with van der Waals surface area (Å²) in [5, 5.41) is 21.1. The van der Waals surface area contributed by atoms with Crippen molar-refractivity contribution in [1.82, 2.24) is 20.0 Å². The van der Waals surface area contributed by atoms with Gasteiger partial charge in [-0.15, -0.1) is 5.10 Å². The summed E-state index contributed by atoms with van der Waals surface area (Å²) in [6.45, 7) is 1.22. The van der Waals surface area contributed by atoms with Gasteiger partial charge in [0.05, 0.1) is 22.1 Å². The van der Waals surface area contributed by atoms with Crippen LogP contribution in [0.25, 0.3) is 0 Å². The van der Waals surface area contributed by atoms with Gasteiger partial charge in [-0.2, -0.15) is 0 Å². The van der Waals surface area contributed by atoms with Crippen LogP contribution in [0.5, 0.6) is 0 Å². The van der Waals surface area contributed by atoms with E-state index in [-0.39, 0.29) is 5.69 Å². The first-order valence-electron chi connectivity index (χ1n) is 5.05. The average Bonchev–Trinajstić information content (AvgIpc) is 2.84. The third kappa shape index (κ3) is 3.00. The van der Waals surface area contributed by atoms with Crippen LogP contribution in [0, 0.1) is 10.1 Å². The fraction of sp³-hybridized carbons (Fsp3) is 0.222. The van der Waals surface area contributed by atoms with Crippen LogP contribution in [0.2, 0.25) is 0 Å². The van der Waals surface area contributed by atoms with Crippen molar-refractivity contribution >= 4 is 27.4 Å². The molecule has 2 rings (SSSR count). The molecule has 0 aliphatic rings. The van der Waals surface area contributed by atoms with E-state index in [1.165, 1.54) is 12.3 Å². The van der Waals surface area contributed by atoms with Crippen LogP contribution in [-0.4, -0.2) is 31.4 Å². The quantitative estimate of drug-likeness (QED) is 0.662. The molecular formula is C9H9BrN6O2. The second kappa shape index (κ2) is 5.54. The van der Waals surface area contributed by atoms with Crippen molar-refractivity contribution in [3.63, 3.8) is 0 Å². The van der Waals surface area contributed by atoms with Gasteiger partial charge < -0.3 is 5.32 Å². The van der Waals surface area contributed by atoms with E-state index in [1.54, 1.807) is 17.1 Å². The number of nitrogens with one attached hydrogen (secondary N) is 1. The summed E-state index contributed by atoms with van der Waals surface area (Å²) in [7, 11) is 0. The van der Waals surface area contributed by atoms with Gasteiger partial charge in [-0.25, -0.2) is 4.98 Å². The highest BCUT2D eigenvalue weighted by atomic mass is 79.9. The van der Waals surface area contributed by atoms with Crippen molar-refractivity contribution in [2.75, 3.05) is 11.9 Å². The molecule has 2 heterocycles. The van der Waals surface area contributed by atoms with Crippen LogP contribution < -0.4 is 5.32 Å². The molecule has 0 bridgehead atoms. The summed E-state index contributed by atoms with van der Waals surface area (Å²) in [6, 6.07) is 1.41. The van der Waals surface area contributed by atoms with Crippen LogP contribution in [0.3, 0.4) is 0 Å². The van der Waals surface area contributed by atoms with Gasteiger partial charge in [-0.3, -0.25) is 14.8 Å². The van der Waals surface area contributed by atoms with Gasteiger partial charge >= 0.3 is 0 Å². The molecule has 2 aromatic rings. The molecule has 0 unspecified atom stereocenters. The smallest absolute Gasteiger partial charge is 0.288 e. The maximum Gasteiger partial charge on any atom is 0.288 e. The molecule has 0 aromatic carbocycles. The van der Waals surface area contributed by atoms with Crippen LogP contribution in [0.1, 0.15) is 0 Å². The summed E-state index contributed by atoms with van der Waals surface area (Å²) in [4.78, 5) is 14.0. The van der Waals surface area contributed by atoms with Gasteiger partial charge in [0.15, 0.2) is 0 Å². The Morgan fingerprint density at radius 1 is 1.56 bits per heavy atom. The van der Waals surface area contributed by atoms with Crippen LogP contribution in [0.15, 0.2) is 29.1 Å². The summed E-state index contributed by atoms with van der Waals surface area (Å²) in [5.74, 6) is 0.556. The highest BCUT2D eigenvalue weighted by Crippen LogP contribution is 2.24.